The van der Waals surface area contributed by atoms with Crippen LogP contribution >= 0.6 is 0 Å². The lowest BCUT2D eigenvalue weighted by Gasteiger charge is -2.50. The zero-order chi connectivity index (χ0) is 17.8. The van der Waals surface area contributed by atoms with E-state index in [0.717, 1.165) is 45.1 Å². The summed E-state index contributed by atoms with van der Waals surface area (Å²) >= 11 is 0. The number of ether oxygens (including phenoxy) is 1. The van der Waals surface area contributed by atoms with E-state index in [1.165, 1.54) is 0 Å². The van der Waals surface area contributed by atoms with Crippen molar-refractivity contribution in [1.29, 1.82) is 0 Å². The van der Waals surface area contributed by atoms with Gasteiger partial charge in [-0.1, -0.05) is 13.3 Å². The molecule has 5 fully saturated rings. The Morgan fingerprint density at radius 2 is 1.84 bits per heavy atom. The molecule has 5 rings (SSSR count). The number of epoxide rings is 1. The zero-order valence-corrected chi connectivity index (χ0v) is 15.1. The maximum atomic E-state index is 12.5. The van der Waals surface area contributed by atoms with E-state index in [2.05, 4.69) is 6.92 Å². The molecule has 4 saturated carbocycles. The Bertz CT molecular complexity index is 669. The third kappa shape index (κ3) is 1.65. The minimum absolute atomic E-state index is 0.0775. The Kier molecular flexibility index (Phi) is 2.84. The molecule has 1 saturated heterocycles. The van der Waals surface area contributed by atoms with Gasteiger partial charge in [-0.3, -0.25) is 9.59 Å². The summed E-state index contributed by atoms with van der Waals surface area (Å²) in [6.07, 6.45) is 6.38. The van der Waals surface area contributed by atoms with Gasteiger partial charge in [0, 0.05) is 0 Å². The molecule has 25 heavy (non-hydrogen) atoms. The fourth-order valence-corrected chi connectivity index (χ4v) is 8.55. The van der Waals surface area contributed by atoms with Gasteiger partial charge in [-0.25, -0.2) is 0 Å². The van der Waals surface area contributed by atoms with Crippen LogP contribution in [0.1, 0.15) is 58.8 Å². The molecule has 2 spiro atoms. The van der Waals surface area contributed by atoms with Crippen LogP contribution in [0.5, 0.6) is 0 Å². The van der Waals surface area contributed by atoms with Crippen LogP contribution in [0.2, 0.25) is 0 Å². The number of fused-ring (bicyclic) bond motifs is 4. The first-order chi connectivity index (χ1) is 11.7. The normalized spacial score (nSPS) is 58.6. The molecule has 1 heterocycles. The molecule has 2 bridgehead atoms. The predicted molar refractivity (Wildman–Crippen MR) is 88.9 cm³/mol. The van der Waals surface area contributed by atoms with Crippen LogP contribution in [0.15, 0.2) is 0 Å². The first-order valence-corrected chi connectivity index (χ1v) is 9.80. The monoisotopic (exact) mass is 348 g/mol. The fourth-order valence-electron chi connectivity index (χ4n) is 8.55. The first kappa shape index (κ1) is 16.1. The van der Waals surface area contributed by atoms with E-state index in [1.807, 2.05) is 6.92 Å². The third-order valence-electron chi connectivity index (χ3n) is 9.32. The minimum atomic E-state index is -0.933. The summed E-state index contributed by atoms with van der Waals surface area (Å²) in [7, 11) is 0. The Morgan fingerprint density at radius 1 is 1.12 bits per heavy atom. The van der Waals surface area contributed by atoms with Crippen molar-refractivity contribution in [1.82, 2.24) is 0 Å². The second kappa shape index (κ2) is 4.41. The highest BCUT2D eigenvalue weighted by molar-refractivity contribution is 5.79. The van der Waals surface area contributed by atoms with E-state index in [9.17, 15) is 19.8 Å². The van der Waals surface area contributed by atoms with Gasteiger partial charge in [0.2, 0.25) is 0 Å². The summed E-state index contributed by atoms with van der Waals surface area (Å²) in [4.78, 5) is 24.8. The average Bonchev–Trinajstić information content (AvgIpc) is 3.20. The summed E-state index contributed by atoms with van der Waals surface area (Å²) in [6.45, 7) is 4.81. The lowest BCUT2D eigenvalue weighted by atomic mass is 9.53. The minimum Gasteiger partial charge on any atom is -0.481 e. The van der Waals surface area contributed by atoms with E-state index < -0.39 is 23.3 Å². The molecule has 5 heteroatoms. The number of rotatable bonds is 2. The van der Waals surface area contributed by atoms with E-state index in [1.54, 1.807) is 0 Å². The molecule has 0 aromatic rings. The summed E-state index contributed by atoms with van der Waals surface area (Å²) in [5.41, 5.74) is -1.45. The third-order valence-corrected chi connectivity index (χ3v) is 9.32. The van der Waals surface area contributed by atoms with Crippen molar-refractivity contribution in [3.8, 4) is 0 Å². The van der Waals surface area contributed by atoms with Crippen LogP contribution in [0, 0.1) is 39.9 Å². The highest BCUT2D eigenvalue weighted by Crippen LogP contribution is 2.79. The van der Waals surface area contributed by atoms with Gasteiger partial charge in [-0.2, -0.15) is 0 Å². The van der Waals surface area contributed by atoms with Gasteiger partial charge in [-0.05, 0) is 74.0 Å². The van der Waals surface area contributed by atoms with Crippen molar-refractivity contribution in [2.24, 2.45) is 39.9 Å². The van der Waals surface area contributed by atoms with Crippen LogP contribution in [0.25, 0.3) is 0 Å². The molecule has 0 radical (unpaired) electrons. The predicted octanol–water partition coefficient (Wildman–Crippen LogP) is 3.17. The summed E-state index contributed by atoms with van der Waals surface area (Å²) in [5, 5.41) is 20.3. The fraction of sp³-hybridized carbons (Fsp3) is 0.900. The molecule has 2 unspecified atom stereocenters. The van der Waals surface area contributed by atoms with Gasteiger partial charge in [-0.15, -0.1) is 0 Å². The number of carboxylic acid groups (broad SMARTS) is 2. The second-order valence-corrected chi connectivity index (χ2v) is 10.2. The molecule has 0 amide bonds. The summed E-state index contributed by atoms with van der Waals surface area (Å²) < 4.78 is 5.88. The van der Waals surface area contributed by atoms with Crippen molar-refractivity contribution in [3.63, 3.8) is 0 Å². The maximum absolute atomic E-state index is 12.5. The lowest BCUT2D eigenvalue weighted by Crippen LogP contribution is -2.50. The summed E-state index contributed by atoms with van der Waals surface area (Å²) in [6, 6.07) is 0. The van der Waals surface area contributed by atoms with E-state index in [0.29, 0.717) is 18.3 Å². The summed E-state index contributed by atoms with van der Waals surface area (Å²) in [5.74, 6) is -1.60. The van der Waals surface area contributed by atoms with Gasteiger partial charge in [0.05, 0.1) is 23.5 Å². The second-order valence-electron chi connectivity index (χ2n) is 10.2. The van der Waals surface area contributed by atoms with Crippen molar-refractivity contribution in [2.75, 3.05) is 6.61 Å². The quantitative estimate of drug-likeness (QED) is 0.749. The molecule has 138 valence electrons. The highest BCUT2D eigenvalue weighted by Gasteiger charge is 2.79. The molecule has 5 nitrogen and oxygen atoms in total. The first-order valence-electron chi connectivity index (χ1n) is 9.80. The van der Waals surface area contributed by atoms with Gasteiger partial charge in [0.15, 0.2) is 0 Å². The van der Waals surface area contributed by atoms with Crippen LogP contribution < -0.4 is 0 Å². The van der Waals surface area contributed by atoms with Crippen LogP contribution in [-0.2, 0) is 14.3 Å². The average molecular weight is 348 g/mol. The van der Waals surface area contributed by atoms with Crippen molar-refractivity contribution in [2.45, 2.75) is 64.4 Å². The number of hydrogen-bond acceptors (Lipinski definition) is 3. The molecular formula is C20H28O5. The highest BCUT2D eigenvalue weighted by atomic mass is 16.6. The van der Waals surface area contributed by atoms with Crippen molar-refractivity contribution >= 4 is 11.9 Å². The SMILES string of the molecule is C[C@@]12CCC[C@@](C)(C(=O)O)C1[C@H](C(=O)O)[C@@]13C[C@@H](CCC21)[C@@]1(CO1)C3. The molecule has 8 atom stereocenters. The topological polar surface area (TPSA) is 87.1 Å². The molecule has 5 aliphatic rings. The van der Waals surface area contributed by atoms with Crippen LogP contribution in [0.3, 0.4) is 0 Å². The molecule has 4 aliphatic carbocycles. The molecular weight excluding hydrogens is 320 g/mol. The zero-order valence-electron chi connectivity index (χ0n) is 15.1. The number of carbonyl (C=O) groups is 2. The Hall–Kier alpha value is -1.10. The van der Waals surface area contributed by atoms with Crippen molar-refractivity contribution in [3.05, 3.63) is 0 Å². The molecule has 2 N–H and O–H groups in total. The van der Waals surface area contributed by atoms with E-state index in [-0.39, 0.29) is 22.3 Å². The van der Waals surface area contributed by atoms with Gasteiger partial charge in [0.1, 0.15) is 0 Å². The standard InChI is InChI=1S/C20H28O5/c1-17-6-3-7-18(2,16(23)24)14(17)13(15(21)22)19-8-11(4-5-12(17)19)20(9-19)10-25-20/h11-14H,3-10H2,1-2H3,(H,21,22)(H,23,24)/t11-,12?,13-,14?,17+,18-,19-,20+/m1/s1. The largest absolute Gasteiger partial charge is 0.481 e. The number of aliphatic carboxylic acids is 2. The Morgan fingerprint density at radius 3 is 2.44 bits per heavy atom. The van der Waals surface area contributed by atoms with Gasteiger partial charge >= 0.3 is 11.9 Å². The van der Waals surface area contributed by atoms with E-state index in [4.69, 9.17) is 4.74 Å². The smallest absolute Gasteiger partial charge is 0.309 e. The number of hydrogen-bond donors (Lipinski definition) is 2. The lowest BCUT2D eigenvalue weighted by molar-refractivity contribution is -0.166. The molecule has 0 aromatic carbocycles. The Balaban J connectivity index is 1.70. The maximum Gasteiger partial charge on any atom is 0.309 e. The van der Waals surface area contributed by atoms with Crippen LogP contribution in [-0.4, -0.2) is 34.4 Å². The molecule has 0 aromatic heterocycles. The Labute approximate surface area is 148 Å². The van der Waals surface area contributed by atoms with Crippen LogP contribution in [0.4, 0.5) is 0 Å². The van der Waals surface area contributed by atoms with Gasteiger partial charge < -0.3 is 14.9 Å². The van der Waals surface area contributed by atoms with E-state index >= 15 is 0 Å². The molecule has 1 aliphatic heterocycles. The van der Waals surface area contributed by atoms with Crippen molar-refractivity contribution < 1.29 is 24.5 Å². The van der Waals surface area contributed by atoms with Gasteiger partial charge in [0.25, 0.3) is 0 Å². The number of carboxylic acids is 2.